The number of piperidine rings is 1. The van der Waals surface area contributed by atoms with Gasteiger partial charge in [0.05, 0.1) is 13.1 Å². The van der Waals surface area contributed by atoms with E-state index < -0.39 is 5.92 Å². The van der Waals surface area contributed by atoms with Crippen LogP contribution in [0, 0.1) is 0 Å². The third-order valence-corrected chi connectivity index (χ3v) is 2.34. The molecule has 0 amide bonds. The van der Waals surface area contributed by atoms with E-state index in [2.05, 4.69) is 5.32 Å². The van der Waals surface area contributed by atoms with Crippen molar-refractivity contribution < 1.29 is 8.78 Å². The minimum Gasteiger partial charge on any atom is -0.314 e. The molecule has 1 heterocycles. The lowest BCUT2D eigenvalue weighted by atomic mass is 10.1. The van der Waals surface area contributed by atoms with Crippen LogP contribution in [-0.4, -0.2) is 44.0 Å². The Labute approximate surface area is 78.3 Å². The number of likely N-dealkylation sites (tertiary alicyclic amines) is 1. The molecule has 0 aromatic rings. The van der Waals surface area contributed by atoms with Gasteiger partial charge in [-0.25, -0.2) is 8.78 Å². The van der Waals surface area contributed by atoms with Gasteiger partial charge in [-0.1, -0.05) is 6.42 Å². The molecular weight excluding hydrogens is 174 g/mol. The van der Waals surface area contributed by atoms with Crippen molar-refractivity contribution in [3.8, 4) is 0 Å². The zero-order valence-corrected chi connectivity index (χ0v) is 8.15. The Hall–Kier alpha value is -0.220. The molecule has 0 aliphatic carbocycles. The molecule has 0 unspecified atom stereocenters. The molecule has 1 fully saturated rings. The number of alkyl halides is 2. The highest BCUT2D eigenvalue weighted by molar-refractivity contribution is 4.76. The molecular formula is C9H18F2N2. The van der Waals surface area contributed by atoms with Gasteiger partial charge in [0.15, 0.2) is 0 Å². The fourth-order valence-corrected chi connectivity index (χ4v) is 1.76. The first-order chi connectivity index (χ1) is 6.14. The van der Waals surface area contributed by atoms with Crippen LogP contribution in [0.5, 0.6) is 0 Å². The molecule has 1 aliphatic heterocycles. The van der Waals surface area contributed by atoms with Crippen LogP contribution >= 0.6 is 0 Å². The second kappa shape index (κ2) is 4.86. The van der Waals surface area contributed by atoms with Crippen LogP contribution in [0.1, 0.15) is 19.3 Å². The van der Waals surface area contributed by atoms with E-state index in [1.807, 2.05) is 4.90 Å². The van der Waals surface area contributed by atoms with E-state index >= 15 is 0 Å². The highest BCUT2D eigenvalue weighted by Crippen LogP contribution is 2.17. The topological polar surface area (TPSA) is 15.3 Å². The Morgan fingerprint density at radius 3 is 2.38 bits per heavy atom. The summed E-state index contributed by atoms with van der Waals surface area (Å²) < 4.78 is 26.2. The van der Waals surface area contributed by atoms with Gasteiger partial charge in [0.1, 0.15) is 0 Å². The minimum absolute atomic E-state index is 0.0894. The third kappa shape index (κ3) is 4.00. The Balaban J connectivity index is 2.28. The van der Waals surface area contributed by atoms with E-state index in [0.717, 1.165) is 25.9 Å². The number of nitrogens with zero attached hydrogens (tertiary/aromatic N) is 1. The van der Waals surface area contributed by atoms with Crippen LogP contribution in [0.15, 0.2) is 0 Å². The molecule has 78 valence electrons. The molecule has 1 saturated heterocycles. The van der Waals surface area contributed by atoms with Crippen molar-refractivity contribution in [1.29, 1.82) is 0 Å². The van der Waals surface area contributed by atoms with E-state index in [4.69, 9.17) is 0 Å². The highest BCUT2D eigenvalue weighted by Gasteiger charge is 2.30. The molecule has 1 aliphatic rings. The lowest BCUT2D eigenvalue weighted by Crippen LogP contribution is -2.44. The summed E-state index contributed by atoms with van der Waals surface area (Å²) in [7, 11) is 1.56. The van der Waals surface area contributed by atoms with Crippen molar-refractivity contribution in [1.82, 2.24) is 10.2 Å². The SMILES string of the molecule is CNCC(F)(F)CN1CCCCC1. The summed E-state index contributed by atoms with van der Waals surface area (Å²) in [5, 5.41) is 2.52. The van der Waals surface area contributed by atoms with Crippen molar-refractivity contribution in [3.63, 3.8) is 0 Å². The Morgan fingerprint density at radius 2 is 1.85 bits per heavy atom. The monoisotopic (exact) mass is 192 g/mol. The van der Waals surface area contributed by atoms with Gasteiger partial charge >= 0.3 is 0 Å². The fraction of sp³-hybridized carbons (Fsp3) is 1.00. The van der Waals surface area contributed by atoms with Crippen molar-refractivity contribution in [2.75, 3.05) is 33.2 Å². The molecule has 4 heteroatoms. The van der Waals surface area contributed by atoms with E-state index in [-0.39, 0.29) is 13.1 Å². The van der Waals surface area contributed by atoms with Gasteiger partial charge in [-0.2, -0.15) is 0 Å². The number of rotatable bonds is 4. The Bertz CT molecular complexity index is 145. The lowest BCUT2D eigenvalue weighted by Gasteiger charge is -2.30. The predicted octanol–water partition coefficient (Wildman–Crippen LogP) is 1.33. The largest absolute Gasteiger partial charge is 0.314 e. The summed E-state index contributed by atoms with van der Waals surface area (Å²) in [6.07, 6.45) is 3.32. The van der Waals surface area contributed by atoms with E-state index in [1.54, 1.807) is 7.05 Å². The van der Waals surface area contributed by atoms with E-state index in [1.165, 1.54) is 6.42 Å². The summed E-state index contributed by atoms with van der Waals surface area (Å²) in [5.74, 6) is -2.58. The first-order valence-corrected chi connectivity index (χ1v) is 4.89. The molecule has 0 aromatic heterocycles. The molecule has 0 atom stereocenters. The number of hydrogen-bond donors (Lipinski definition) is 1. The smallest absolute Gasteiger partial charge is 0.272 e. The quantitative estimate of drug-likeness (QED) is 0.723. The molecule has 2 nitrogen and oxygen atoms in total. The van der Waals surface area contributed by atoms with Gasteiger partial charge in [0, 0.05) is 0 Å². The second-order valence-corrected chi connectivity index (χ2v) is 3.72. The summed E-state index contributed by atoms with van der Waals surface area (Å²) in [6.45, 7) is 1.36. The molecule has 13 heavy (non-hydrogen) atoms. The van der Waals surface area contributed by atoms with Crippen LogP contribution in [0.4, 0.5) is 8.78 Å². The van der Waals surface area contributed by atoms with Crippen molar-refractivity contribution in [2.45, 2.75) is 25.2 Å². The normalized spacial score (nSPS) is 20.5. The standard InChI is InChI=1S/C9H18F2N2/c1-12-7-9(10,11)8-13-5-3-2-4-6-13/h12H,2-8H2,1H3. The zero-order valence-electron chi connectivity index (χ0n) is 8.15. The molecule has 0 spiro atoms. The molecule has 0 radical (unpaired) electrons. The summed E-state index contributed by atoms with van der Waals surface area (Å²) in [4.78, 5) is 1.86. The van der Waals surface area contributed by atoms with Crippen molar-refractivity contribution in [2.24, 2.45) is 0 Å². The van der Waals surface area contributed by atoms with Gasteiger partial charge in [0.2, 0.25) is 0 Å². The maximum absolute atomic E-state index is 13.1. The van der Waals surface area contributed by atoms with Gasteiger partial charge in [0.25, 0.3) is 5.92 Å². The van der Waals surface area contributed by atoms with Crippen LogP contribution in [0.3, 0.4) is 0 Å². The first-order valence-electron chi connectivity index (χ1n) is 4.89. The predicted molar refractivity (Wildman–Crippen MR) is 49.2 cm³/mol. The van der Waals surface area contributed by atoms with Gasteiger partial charge in [-0.05, 0) is 33.0 Å². The lowest BCUT2D eigenvalue weighted by molar-refractivity contribution is -0.0328. The minimum atomic E-state index is -2.58. The van der Waals surface area contributed by atoms with Crippen molar-refractivity contribution in [3.05, 3.63) is 0 Å². The van der Waals surface area contributed by atoms with Gasteiger partial charge in [-0.3, -0.25) is 4.90 Å². The summed E-state index contributed by atoms with van der Waals surface area (Å²) >= 11 is 0. The maximum atomic E-state index is 13.1. The van der Waals surface area contributed by atoms with E-state index in [0.29, 0.717) is 0 Å². The molecule has 0 bridgehead atoms. The zero-order chi connectivity index (χ0) is 9.73. The average molecular weight is 192 g/mol. The molecule has 0 aromatic carbocycles. The van der Waals surface area contributed by atoms with E-state index in [9.17, 15) is 8.78 Å². The molecule has 0 saturated carbocycles. The van der Waals surface area contributed by atoms with Crippen LogP contribution < -0.4 is 5.32 Å². The summed E-state index contributed by atoms with van der Waals surface area (Å²) in [6, 6.07) is 0. The second-order valence-electron chi connectivity index (χ2n) is 3.72. The Kier molecular flexibility index (Phi) is 4.06. The Morgan fingerprint density at radius 1 is 1.23 bits per heavy atom. The third-order valence-electron chi connectivity index (χ3n) is 2.34. The first kappa shape index (κ1) is 10.9. The highest BCUT2D eigenvalue weighted by atomic mass is 19.3. The average Bonchev–Trinajstić information content (AvgIpc) is 2.04. The fourth-order valence-electron chi connectivity index (χ4n) is 1.76. The van der Waals surface area contributed by atoms with Gasteiger partial charge in [-0.15, -0.1) is 0 Å². The number of halogens is 2. The summed E-state index contributed by atoms with van der Waals surface area (Å²) in [5.41, 5.74) is 0. The molecule has 1 N–H and O–H groups in total. The maximum Gasteiger partial charge on any atom is 0.272 e. The van der Waals surface area contributed by atoms with Crippen LogP contribution in [0.25, 0.3) is 0 Å². The van der Waals surface area contributed by atoms with Crippen molar-refractivity contribution >= 4 is 0 Å². The number of hydrogen-bond acceptors (Lipinski definition) is 2. The van der Waals surface area contributed by atoms with Crippen LogP contribution in [-0.2, 0) is 0 Å². The van der Waals surface area contributed by atoms with Crippen LogP contribution in [0.2, 0.25) is 0 Å². The molecule has 1 rings (SSSR count). The van der Waals surface area contributed by atoms with Gasteiger partial charge < -0.3 is 5.32 Å². The number of nitrogens with one attached hydrogen (secondary N) is 1.